The lowest BCUT2D eigenvalue weighted by atomic mass is 10.6. The Balaban J connectivity index is 2.93. The molecule has 0 amide bonds. The van der Waals surface area contributed by atoms with Crippen LogP contribution in [0, 0.1) is 0 Å². The summed E-state index contributed by atoms with van der Waals surface area (Å²) in [4.78, 5) is 15.2. The minimum Gasteiger partial charge on any atom is -0.297 e. The number of halogens is 2. The molecule has 8 heteroatoms. The molecule has 0 aliphatic carbocycles. The molecule has 5 nitrogen and oxygen atoms in total. The molecule has 16 heavy (non-hydrogen) atoms. The van der Waals surface area contributed by atoms with Gasteiger partial charge < -0.3 is 0 Å². The Morgan fingerprint density at radius 2 is 2.06 bits per heavy atom. The van der Waals surface area contributed by atoms with Crippen molar-refractivity contribution in [3.05, 3.63) is 26.9 Å². The number of sulfone groups is 1. The molecule has 0 saturated heterocycles. The first-order valence-electron chi connectivity index (χ1n) is 4.48. The van der Waals surface area contributed by atoms with Gasteiger partial charge in [0.2, 0.25) is 0 Å². The third-order valence-corrected chi connectivity index (χ3v) is 4.43. The monoisotopic (exact) mass is 284 g/mol. The lowest BCUT2D eigenvalue weighted by molar-refractivity contribution is 0.587. The Morgan fingerprint density at radius 3 is 2.62 bits per heavy atom. The summed E-state index contributed by atoms with van der Waals surface area (Å²) in [7, 11) is -3.12. The van der Waals surface area contributed by atoms with Gasteiger partial charge in [-0.3, -0.25) is 9.36 Å². The summed E-state index contributed by atoms with van der Waals surface area (Å²) in [6.45, 7) is 1.57. The van der Waals surface area contributed by atoms with Crippen LogP contribution in [0.3, 0.4) is 0 Å². The highest BCUT2D eigenvalue weighted by Gasteiger charge is 2.11. The van der Waals surface area contributed by atoms with Gasteiger partial charge in [0.05, 0.1) is 12.1 Å². The molecule has 1 aromatic rings. The van der Waals surface area contributed by atoms with Gasteiger partial charge in [-0.05, 0) is 0 Å². The molecule has 1 rings (SSSR count). The van der Waals surface area contributed by atoms with Gasteiger partial charge >= 0.3 is 0 Å². The van der Waals surface area contributed by atoms with Crippen molar-refractivity contribution in [2.45, 2.75) is 13.5 Å². The molecule has 0 saturated carbocycles. The van der Waals surface area contributed by atoms with Crippen LogP contribution in [-0.4, -0.2) is 29.5 Å². The van der Waals surface area contributed by atoms with Gasteiger partial charge in [0, 0.05) is 12.3 Å². The summed E-state index contributed by atoms with van der Waals surface area (Å²) in [6, 6.07) is 0. The van der Waals surface area contributed by atoms with E-state index < -0.39 is 15.4 Å². The third-order valence-electron chi connectivity index (χ3n) is 2.02. The predicted molar refractivity (Wildman–Crippen MR) is 62.8 cm³/mol. The molecule has 0 aliphatic rings. The Bertz CT molecular complexity index is 539. The molecular formula is C8H10Cl2N2O3S. The van der Waals surface area contributed by atoms with E-state index in [1.54, 1.807) is 6.92 Å². The Kier molecular flexibility index (Phi) is 4.35. The van der Waals surface area contributed by atoms with E-state index in [0.29, 0.717) is 0 Å². The van der Waals surface area contributed by atoms with E-state index in [1.165, 1.54) is 6.33 Å². The van der Waals surface area contributed by atoms with Crippen LogP contribution in [0.5, 0.6) is 0 Å². The molecule has 0 bridgehead atoms. The average Bonchev–Trinajstić information content (AvgIpc) is 2.25. The molecular weight excluding hydrogens is 275 g/mol. The fourth-order valence-electron chi connectivity index (χ4n) is 0.985. The van der Waals surface area contributed by atoms with Crippen molar-refractivity contribution in [3.8, 4) is 0 Å². The maximum Gasteiger partial charge on any atom is 0.273 e. The van der Waals surface area contributed by atoms with Crippen molar-refractivity contribution >= 4 is 33.0 Å². The van der Waals surface area contributed by atoms with Gasteiger partial charge in [-0.25, -0.2) is 13.4 Å². The first-order valence-corrected chi connectivity index (χ1v) is 7.06. The van der Waals surface area contributed by atoms with Crippen LogP contribution in [0.1, 0.15) is 6.92 Å². The first kappa shape index (κ1) is 13.5. The van der Waals surface area contributed by atoms with Crippen LogP contribution in [0.15, 0.2) is 11.1 Å². The molecule has 0 N–H and O–H groups in total. The summed E-state index contributed by atoms with van der Waals surface area (Å²) >= 11 is 11.1. The van der Waals surface area contributed by atoms with Crippen LogP contribution in [0.4, 0.5) is 0 Å². The summed E-state index contributed by atoms with van der Waals surface area (Å²) in [5.74, 6) is -0.0838. The van der Waals surface area contributed by atoms with Crippen LogP contribution in [0.2, 0.25) is 10.2 Å². The van der Waals surface area contributed by atoms with E-state index >= 15 is 0 Å². The predicted octanol–water partition coefficient (Wildman–Crippen LogP) is 0.985. The van der Waals surface area contributed by atoms with E-state index in [-0.39, 0.29) is 28.2 Å². The van der Waals surface area contributed by atoms with E-state index in [9.17, 15) is 13.2 Å². The Morgan fingerprint density at radius 1 is 1.44 bits per heavy atom. The van der Waals surface area contributed by atoms with Crippen molar-refractivity contribution in [2.24, 2.45) is 0 Å². The van der Waals surface area contributed by atoms with E-state index in [0.717, 1.165) is 4.57 Å². The maximum atomic E-state index is 11.5. The van der Waals surface area contributed by atoms with E-state index in [1.807, 2.05) is 0 Å². The first-order chi connectivity index (χ1) is 7.37. The SMILES string of the molecule is CCS(=O)(=O)CCn1cnc(Cl)c(Cl)c1=O. The van der Waals surface area contributed by atoms with Crippen molar-refractivity contribution in [2.75, 3.05) is 11.5 Å². The number of aromatic nitrogens is 2. The zero-order chi connectivity index (χ0) is 12.3. The van der Waals surface area contributed by atoms with Gasteiger partial charge in [-0.1, -0.05) is 30.1 Å². The van der Waals surface area contributed by atoms with Gasteiger partial charge in [0.15, 0.2) is 15.0 Å². The number of rotatable bonds is 4. The fourth-order valence-corrected chi connectivity index (χ4v) is 2.03. The largest absolute Gasteiger partial charge is 0.297 e. The quantitative estimate of drug-likeness (QED) is 0.773. The van der Waals surface area contributed by atoms with Gasteiger partial charge in [-0.2, -0.15) is 0 Å². The normalized spacial score (nSPS) is 11.7. The summed E-state index contributed by atoms with van der Waals surface area (Å²) in [5.41, 5.74) is -0.534. The summed E-state index contributed by atoms with van der Waals surface area (Å²) in [5, 5.41) is -0.278. The zero-order valence-electron chi connectivity index (χ0n) is 8.48. The minimum absolute atomic E-state index is 0.0267. The second kappa shape index (κ2) is 5.16. The fraction of sp³-hybridized carbons (Fsp3) is 0.500. The van der Waals surface area contributed by atoms with Crippen LogP contribution in [-0.2, 0) is 16.4 Å². The molecule has 0 radical (unpaired) electrons. The van der Waals surface area contributed by atoms with Gasteiger partial charge in [0.25, 0.3) is 5.56 Å². The van der Waals surface area contributed by atoms with Crippen molar-refractivity contribution in [1.82, 2.24) is 9.55 Å². The van der Waals surface area contributed by atoms with Crippen LogP contribution >= 0.6 is 23.2 Å². The number of aryl methyl sites for hydroxylation is 1. The maximum absolute atomic E-state index is 11.5. The highest BCUT2D eigenvalue weighted by Crippen LogP contribution is 2.12. The second-order valence-corrected chi connectivity index (χ2v) is 6.29. The van der Waals surface area contributed by atoms with E-state index in [4.69, 9.17) is 23.2 Å². The Labute approximate surface area is 103 Å². The molecule has 0 fully saturated rings. The second-order valence-electron chi connectivity index (χ2n) is 3.08. The van der Waals surface area contributed by atoms with Gasteiger partial charge in [-0.15, -0.1) is 0 Å². The molecule has 1 aromatic heterocycles. The highest BCUT2D eigenvalue weighted by molar-refractivity contribution is 7.91. The molecule has 1 heterocycles. The summed E-state index contributed by atoms with van der Waals surface area (Å²) in [6.07, 6.45) is 1.18. The van der Waals surface area contributed by atoms with Crippen molar-refractivity contribution in [3.63, 3.8) is 0 Å². The van der Waals surface area contributed by atoms with Gasteiger partial charge in [0.1, 0.15) is 5.02 Å². The van der Waals surface area contributed by atoms with E-state index in [2.05, 4.69) is 4.98 Å². The topological polar surface area (TPSA) is 69.0 Å². The minimum atomic E-state index is -3.12. The van der Waals surface area contributed by atoms with Crippen molar-refractivity contribution < 1.29 is 8.42 Å². The van der Waals surface area contributed by atoms with Crippen LogP contribution < -0.4 is 5.56 Å². The molecule has 0 unspecified atom stereocenters. The number of hydrogen-bond acceptors (Lipinski definition) is 4. The zero-order valence-corrected chi connectivity index (χ0v) is 10.8. The molecule has 0 atom stereocenters. The molecule has 0 spiro atoms. The summed E-state index contributed by atoms with van der Waals surface area (Å²) < 4.78 is 23.6. The molecule has 90 valence electrons. The average molecular weight is 285 g/mol. The number of hydrogen-bond donors (Lipinski definition) is 0. The molecule has 0 aliphatic heterocycles. The standard InChI is InChI=1S/C8H10Cl2N2O3S/c1-2-16(14,15)4-3-12-5-11-7(10)6(9)8(12)13/h5H,2-4H2,1H3. The van der Waals surface area contributed by atoms with Crippen LogP contribution in [0.25, 0.3) is 0 Å². The lowest BCUT2D eigenvalue weighted by Gasteiger charge is -2.05. The molecule has 0 aromatic carbocycles. The smallest absolute Gasteiger partial charge is 0.273 e. The highest BCUT2D eigenvalue weighted by atomic mass is 35.5. The third kappa shape index (κ3) is 3.20. The Hall–Kier alpha value is -0.590. The number of nitrogens with zero attached hydrogens (tertiary/aromatic N) is 2. The van der Waals surface area contributed by atoms with Crippen molar-refractivity contribution in [1.29, 1.82) is 0 Å². The lowest BCUT2D eigenvalue weighted by Crippen LogP contribution is -2.25.